The number of rotatable bonds is 6. The van der Waals surface area contributed by atoms with Crippen molar-refractivity contribution in [2.75, 3.05) is 32.1 Å². The first-order chi connectivity index (χ1) is 10.3. The van der Waals surface area contributed by atoms with Gasteiger partial charge in [0.1, 0.15) is 0 Å². The topological polar surface area (TPSA) is 45.7 Å². The van der Waals surface area contributed by atoms with E-state index >= 15 is 0 Å². The van der Waals surface area contributed by atoms with Gasteiger partial charge in [0.25, 0.3) is 0 Å². The van der Waals surface area contributed by atoms with Crippen LogP contribution in [-0.4, -0.2) is 48.8 Å². The largest absolute Gasteiger partial charge is 0.381 e. The summed E-state index contributed by atoms with van der Waals surface area (Å²) in [5, 5.41) is 6.93. The van der Waals surface area contributed by atoms with Crippen LogP contribution in [0.25, 0.3) is 0 Å². The molecule has 1 heterocycles. The van der Waals surface area contributed by atoms with Crippen LogP contribution in [0, 0.1) is 0 Å². The number of nitrogens with zero attached hydrogens (tertiary/aromatic N) is 1. The maximum Gasteiger partial charge on any atom is 0.191 e. The Hall–Kier alpha value is 0.0500. The molecular weight excluding hydrogens is 409 g/mol. The number of ether oxygens (including phenoxy) is 1. The highest BCUT2D eigenvalue weighted by Crippen LogP contribution is 2.35. The molecule has 1 saturated heterocycles. The lowest BCUT2D eigenvalue weighted by Crippen LogP contribution is -2.44. The maximum absolute atomic E-state index is 5.53. The molecule has 0 aromatic carbocycles. The molecule has 2 N–H and O–H groups in total. The van der Waals surface area contributed by atoms with Gasteiger partial charge in [0.05, 0.1) is 6.54 Å². The molecule has 2 rings (SSSR count). The summed E-state index contributed by atoms with van der Waals surface area (Å²) in [4.78, 5) is 4.88. The van der Waals surface area contributed by atoms with E-state index in [1.54, 1.807) is 0 Å². The van der Waals surface area contributed by atoms with Crippen LogP contribution in [0.5, 0.6) is 0 Å². The second kappa shape index (κ2) is 10.8. The molecule has 1 aliphatic heterocycles. The number of hydrogen-bond acceptors (Lipinski definition) is 3. The van der Waals surface area contributed by atoms with E-state index in [4.69, 9.17) is 9.73 Å². The van der Waals surface area contributed by atoms with E-state index in [0.29, 0.717) is 6.04 Å². The molecule has 1 aliphatic carbocycles. The van der Waals surface area contributed by atoms with E-state index < -0.39 is 0 Å². The Labute approximate surface area is 156 Å². The van der Waals surface area contributed by atoms with Crippen LogP contribution in [0.15, 0.2) is 17.1 Å². The Kier molecular flexibility index (Phi) is 9.82. The summed E-state index contributed by atoms with van der Waals surface area (Å²) in [6.45, 7) is 7.89. The fourth-order valence-corrected chi connectivity index (χ4v) is 4.09. The van der Waals surface area contributed by atoms with Gasteiger partial charge in [-0.05, 0) is 38.4 Å². The highest BCUT2D eigenvalue weighted by atomic mass is 127. The SMILES string of the molecule is CCNC(=NCC1(SCC)CCOCC1)NC1CC=CC1.I. The minimum atomic E-state index is 0. The Morgan fingerprint density at radius 3 is 2.55 bits per heavy atom. The van der Waals surface area contributed by atoms with Crippen molar-refractivity contribution in [1.82, 2.24) is 10.6 Å². The van der Waals surface area contributed by atoms with E-state index in [9.17, 15) is 0 Å². The van der Waals surface area contributed by atoms with Gasteiger partial charge in [0, 0.05) is 30.5 Å². The molecule has 0 radical (unpaired) electrons. The van der Waals surface area contributed by atoms with Crippen LogP contribution in [0.1, 0.15) is 39.5 Å². The molecular formula is C16H30IN3OS. The van der Waals surface area contributed by atoms with Crippen molar-refractivity contribution in [3.05, 3.63) is 12.2 Å². The molecule has 0 unspecified atom stereocenters. The van der Waals surface area contributed by atoms with Crippen LogP contribution in [0.2, 0.25) is 0 Å². The number of nitrogens with one attached hydrogen (secondary N) is 2. The van der Waals surface area contributed by atoms with E-state index in [1.165, 1.54) is 0 Å². The molecule has 128 valence electrons. The average Bonchev–Trinajstić information content (AvgIpc) is 2.99. The van der Waals surface area contributed by atoms with Crippen molar-refractivity contribution >= 4 is 41.7 Å². The summed E-state index contributed by atoms with van der Waals surface area (Å²) in [6.07, 6.45) is 8.92. The third-order valence-electron chi connectivity index (χ3n) is 4.07. The minimum Gasteiger partial charge on any atom is -0.381 e. The zero-order valence-corrected chi connectivity index (χ0v) is 16.9. The summed E-state index contributed by atoms with van der Waals surface area (Å²) in [6, 6.07) is 0.507. The molecule has 1 fully saturated rings. The first-order valence-corrected chi connectivity index (χ1v) is 9.18. The first kappa shape index (κ1) is 20.1. The van der Waals surface area contributed by atoms with Crippen LogP contribution in [0.3, 0.4) is 0 Å². The Morgan fingerprint density at radius 1 is 1.27 bits per heavy atom. The van der Waals surface area contributed by atoms with Gasteiger partial charge in [-0.1, -0.05) is 19.1 Å². The summed E-state index contributed by atoms with van der Waals surface area (Å²) in [7, 11) is 0. The van der Waals surface area contributed by atoms with Crippen molar-refractivity contribution in [3.8, 4) is 0 Å². The zero-order valence-electron chi connectivity index (χ0n) is 13.8. The Bertz CT molecular complexity index is 357. The number of aliphatic imine (C=N–C) groups is 1. The summed E-state index contributed by atoms with van der Waals surface area (Å²) < 4.78 is 5.80. The normalized spacial score (nSPS) is 21.5. The van der Waals surface area contributed by atoms with E-state index in [0.717, 1.165) is 63.7 Å². The second-order valence-electron chi connectivity index (χ2n) is 5.71. The van der Waals surface area contributed by atoms with Crippen molar-refractivity contribution in [2.45, 2.75) is 50.3 Å². The second-order valence-corrected chi connectivity index (χ2v) is 7.44. The van der Waals surface area contributed by atoms with Gasteiger partial charge in [-0.15, -0.1) is 24.0 Å². The lowest BCUT2D eigenvalue weighted by Gasteiger charge is -2.35. The number of hydrogen-bond donors (Lipinski definition) is 2. The van der Waals surface area contributed by atoms with Gasteiger partial charge in [0.2, 0.25) is 0 Å². The van der Waals surface area contributed by atoms with Gasteiger partial charge < -0.3 is 15.4 Å². The lowest BCUT2D eigenvalue weighted by molar-refractivity contribution is 0.0793. The standard InChI is InChI=1S/C16H29N3OS.HI/c1-3-17-15(19-14-7-5-6-8-14)18-13-16(21-4-2)9-11-20-12-10-16;/h5-6,14H,3-4,7-13H2,1-2H3,(H2,17,18,19);1H. The molecule has 6 heteroatoms. The number of guanidine groups is 1. The summed E-state index contributed by atoms with van der Waals surface area (Å²) in [5.74, 6) is 2.11. The average molecular weight is 439 g/mol. The third-order valence-corrected chi connectivity index (χ3v) is 5.51. The highest BCUT2D eigenvalue weighted by Gasteiger charge is 2.32. The number of halogens is 1. The summed E-state index contributed by atoms with van der Waals surface area (Å²) >= 11 is 2.05. The molecule has 2 aliphatic rings. The van der Waals surface area contributed by atoms with Crippen LogP contribution in [0.4, 0.5) is 0 Å². The monoisotopic (exact) mass is 439 g/mol. The smallest absolute Gasteiger partial charge is 0.191 e. The molecule has 22 heavy (non-hydrogen) atoms. The molecule has 0 aromatic rings. The molecule has 4 nitrogen and oxygen atoms in total. The van der Waals surface area contributed by atoms with Gasteiger partial charge in [-0.25, -0.2) is 0 Å². The Morgan fingerprint density at radius 2 is 1.95 bits per heavy atom. The van der Waals surface area contributed by atoms with Crippen molar-refractivity contribution in [1.29, 1.82) is 0 Å². The molecule has 0 spiro atoms. The maximum atomic E-state index is 5.53. The van der Waals surface area contributed by atoms with Crippen molar-refractivity contribution in [2.24, 2.45) is 4.99 Å². The third kappa shape index (κ3) is 6.28. The van der Waals surface area contributed by atoms with Gasteiger partial charge >= 0.3 is 0 Å². The molecule has 0 amide bonds. The minimum absolute atomic E-state index is 0. The quantitative estimate of drug-likeness (QED) is 0.289. The first-order valence-electron chi connectivity index (χ1n) is 8.19. The predicted octanol–water partition coefficient (Wildman–Crippen LogP) is 3.18. The van der Waals surface area contributed by atoms with Gasteiger partial charge in [-0.2, -0.15) is 11.8 Å². The van der Waals surface area contributed by atoms with Gasteiger partial charge in [-0.3, -0.25) is 4.99 Å². The predicted molar refractivity (Wildman–Crippen MR) is 108 cm³/mol. The fraction of sp³-hybridized carbons (Fsp3) is 0.812. The van der Waals surface area contributed by atoms with Crippen molar-refractivity contribution < 1.29 is 4.74 Å². The van der Waals surface area contributed by atoms with E-state index in [1.807, 2.05) is 11.8 Å². The zero-order chi connectivity index (χ0) is 15.0. The molecule has 0 bridgehead atoms. The highest BCUT2D eigenvalue weighted by molar-refractivity contribution is 14.0. The lowest BCUT2D eigenvalue weighted by atomic mass is 9.99. The van der Waals surface area contributed by atoms with E-state index in [2.05, 4.69) is 36.6 Å². The van der Waals surface area contributed by atoms with Gasteiger partial charge in [0.15, 0.2) is 5.96 Å². The van der Waals surface area contributed by atoms with Crippen LogP contribution < -0.4 is 10.6 Å². The van der Waals surface area contributed by atoms with Crippen LogP contribution >= 0.6 is 35.7 Å². The molecule has 0 aromatic heterocycles. The van der Waals surface area contributed by atoms with Crippen LogP contribution in [-0.2, 0) is 4.74 Å². The van der Waals surface area contributed by atoms with Crippen molar-refractivity contribution in [3.63, 3.8) is 0 Å². The molecule has 0 atom stereocenters. The number of thioether (sulfide) groups is 1. The van der Waals surface area contributed by atoms with E-state index in [-0.39, 0.29) is 28.7 Å². The Balaban J connectivity index is 0.00000242. The summed E-state index contributed by atoms with van der Waals surface area (Å²) in [5.41, 5.74) is 0. The fourth-order valence-electron chi connectivity index (χ4n) is 2.87. The molecule has 0 saturated carbocycles.